The molecule has 1 fully saturated rings. The molecule has 3 amide bonds. The van der Waals surface area contributed by atoms with Gasteiger partial charge in [-0.25, -0.2) is 9.18 Å². The minimum atomic E-state index is -0.564. The van der Waals surface area contributed by atoms with E-state index in [4.69, 9.17) is 11.6 Å². The smallest absolute Gasteiger partial charge is 0.322 e. The zero-order chi connectivity index (χ0) is 18.7. The van der Waals surface area contributed by atoms with Gasteiger partial charge in [0.15, 0.2) is 0 Å². The van der Waals surface area contributed by atoms with Crippen LogP contribution in [0.25, 0.3) is 0 Å². The number of urea groups is 1. The van der Waals surface area contributed by atoms with Crippen LogP contribution in [0, 0.1) is 5.82 Å². The molecule has 5 nitrogen and oxygen atoms in total. The SMILES string of the molecule is CC(=O)Nc1ccc(F)c(NC(=O)N2CCCC2c2cccc(Cl)c2)c1. The first kappa shape index (κ1) is 18.2. The minimum absolute atomic E-state index is 0.0259. The number of anilines is 2. The molecule has 0 saturated carbocycles. The van der Waals surface area contributed by atoms with Crippen LogP contribution in [0.1, 0.15) is 31.4 Å². The van der Waals surface area contributed by atoms with Crippen LogP contribution >= 0.6 is 11.6 Å². The highest BCUT2D eigenvalue weighted by atomic mass is 35.5. The molecule has 2 N–H and O–H groups in total. The zero-order valence-electron chi connectivity index (χ0n) is 14.3. The average Bonchev–Trinajstić information content (AvgIpc) is 3.07. The summed E-state index contributed by atoms with van der Waals surface area (Å²) in [6.07, 6.45) is 1.68. The van der Waals surface area contributed by atoms with Gasteiger partial charge in [-0.1, -0.05) is 23.7 Å². The summed E-state index contributed by atoms with van der Waals surface area (Å²) in [4.78, 5) is 25.5. The Hall–Kier alpha value is -2.60. The van der Waals surface area contributed by atoms with E-state index in [1.807, 2.05) is 18.2 Å². The van der Waals surface area contributed by atoms with E-state index < -0.39 is 5.82 Å². The van der Waals surface area contributed by atoms with Gasteiger partial charge in [-0.15, -0.1) is 0 Å². The quantitative estimate of drug-likeness (QED) is 0.808. The van der Waals surface area contributed by atoms with Crippen LogP contribution < -0.4 is 10.6 Å². The van der Waals surface area contributed by atoms with E-state index in [9.17, 15) is 14.0 Å². The third kappa shape index (κ3) is 4.14. The van der Waals surface area contributed by atoms with Crippen molar-refractivity contribution in [2.75, 3.05) is 17.2 Å². The highest BCUT2D eigenvalue weighted by Crippen LogP contribution is 2.33. The first-order chi connectivity index (χ1) is 12.4. The number of amides is 3. The van der Waals surface area contributed by atoms with Crippen LogP contribution in [-0.4, -0.2) is 23.4 Å². The fourth-order valence-corrected chi connectivity index (χ4v) is 3.36. The molecule has 2 aromatic rings. The molecule has 1 aliphatic heterocycles. The lowest BCUT2D eigenvalue weighted by Crippen LogP contribution is -2.34. The van der Waals surface area contributed by atoms with E-state index in [0.717, 1.165) is 18.4 Å². The fraction of sp³-hybridized carbons (Fsp3) is 0.263. The molecule has 0 aromatic heterocycles. The first-order valence-electron chi connectivity index (χ1n) is 8.34. The molecule has 7 heteroatoms. The maximum absolute atomic E-state index is 14.1. The molecule has 3 rings (SSSR count). The van der Waals surface area contributed by atoms with Gasteiger partial charge >= 0.3 is 6.03 Å². The predicted octanol–water partition coefficient (Wildman–Crippen LogP) is 4.81. The van der Waals surface area contributed by atoms with Crippen molar-refractivity contribution in [3.63, 3.8) is 0 Å². The number of carbonyl (C=O) groups excluding carboxylic acids is 2. The van der Waals surface area contributed by atoms with Crippen molar-refractivity contribution >= 4 is 34.9 Å². The lowest BCUT2D eigenvalue weighted by molar-refractivity contribution is -0.114. The van der Waals surface area contributed by atoms with Gasteiger partial charge in [-0.05, 0) is 48.7 Å². The number of benzene rings is 2. The number of likely N-dealkylation sites (tertiary alicyclic amines) is 1. The minimum Gasteiger partial charge on any atom is -0.326 e. The van der Waals surface area contributed by atoms with Gasteiger partial charge in [0.1, 0.15) is 5.82 Å². The molecule has 1 saturated heterocycles. The molecule has 136 valence electrons. The molecule has 1 aliphatic rings. The monoisotopic (exact) mass is 375 g/mol. The van der Waals surface area contributed by atoms with Gasteiger partial charge < -0.3 is 15.5 Å². The molecule has 0 spiro atoms. The number of hydrogen-bond donors (Lipinski definition) is 2. The van der Waals surface area contributed by atoms with Crippen LogP contribution in [0.3, 0.4) is 0 Å². The highest BCUT2D eigenvalue weighted by molar-refractivity contribution is 6.30. The highest BCUT2D eigenvalue weighted by Gasteiger charge is 2.30. The third-order valence-corrected chi connectivity index (χ3v) is 4.51. The number of nitrogens with one attached hydrogen (secondary N) is 2. The van der Waals surface area contributed by atoms with Crippen LogP contribution in [0.15, 0.2) is 42.5 Å². The van der Waals surface area contributed by atoms with Crippen molar-refractivity contribution in [3.05, 3.63) is 58.9 Å². The maximum atomic E-state index is 14.1. The summed E-state index contributed by atoms with van der Waals surface area (Å²) in [5.41, 5.74) is 1.40. The van der Waals surface area contributed by atoms with Crippen molar-refractivity contribution in [1.82, 2.24) is 4.90 Å². The number of carbonyl (C=O) groups is 2. The second-order valence-corrected chi connectivity index (χ2v) is 6.65. The Morgan fingerprint density at radius 2 is 2.00 bits per heavy atom. The van der Waals surface area contributed by atoms with Gasteiger partial charge in [0.2, 0.25) is 5.91 Å². The zero-order valence-corrected chi connectivity index (χ0v) is 15.0. The van der Waals surface area contributed by atoms with Crippen LogP contribution in [0.5, 0.6) is 0 Å². The molecule has 1 unspecified atom stereocenters. The van der Waals surface area contributed by atoms with Gasteiger partial charge in [0, 0.05) is 24.2 Å². The fourth-order valence-electron chi connectivity index (χ4n) is 3.16. The summed E-state index contributed by atoms with van der Waals surface area (Å²) in [5.74, 6) is -0.833. The summed E-state index contributed by atoms with van der Waals surface area (Å²) < 4.78 is 14.1. The molecular formula is C19H19ClFN3O2. The number of hydrogen-bond acceptors (Lipinski definition) is 2. The van der Waals surface area contributed by atoms with E-state index in [2.05, 4.69) is 10.6 Å². The van der Waals surface area contributed by atoms with Crippen molar-refractivity contribution < 1.29 is 14.0 Å². The number of nitrogens with zero attached hydrogens (tertiary/aromatic N) is 1. The Morgan fingerprint density at radius 3 is 2.73 bits per heavy atom. The molecule has 1 atom stereocenters. The molecule has 0 aliphatic carbocycles. The Balaban J connectivity index is 1.78. The van der Waals surface area contributed by atoms with E-state index in [-0.39, 0.29) is 23.7 Å². The van der Waals surface area contributed by atoms with E-state index in [1.165, 1.54) is 25.1 Å². The van der Waals surface area contributed by atoms with Crippen LogP contribution in [0.4, 0.5) is 20.6 Å². The second-order valence-electron chi connectivity index (χ2n) is 6.21. The van der Waals surface area contributed by atoms with Crippen molar-refractivity contribution in [2.24, 2.45) is 0 Å². The van der Waals surface area contributed by atoms with Gasteiger partial charge in [0.05, 0.1) is 11.7 Å². The molecule has 2 aromatic carbocycles. The molecular weight excluding hydrogens is 357 g/mol. The van der Waals surface area contributed by atoms with Gasteiger partial charge in [-0.2, -0.15) is 0 Å². The van der Waals surface area contributed by atoms with Crippen molar-refractivity contribution in [2.45, 2.75) is 25.8 Å². The van der Waals surface area contributed by atoms with Gasteiger partial charge in [-0.3, -0.25) is 4.79 Å². The van der Waals surface area contributed by atoms with Crippen LogP contribution in [-0.2, 0) is 4.79 Å². The van der Waals surface area contributed by atoms with Gasteiger partial charge in [0.25, 0.3) is 0 Å². The first-order valence-corrected chi connectivity index (χ1v) is 8.72. The number of rotatable bonds is 3. The van der Waals surface area contributed by atoms with Crippen LogP contribution in [0.2, 0.25) is 5.02 Å². The largest absolute Gasteiger partial charge is 0.326 e. The topological polar surface area (TPSA) is 61.4 Å². The Labute approximate surface area is 156 Å². The molecule has 26 heavy (non-hydrogen) atoms. The summed E-state index contributed by atoms with van der Waals surface area (Å²) in [5, 5.41) is 5.79. The summed E-state index contributed by atoms with van der Waals surface area (Å²) in [6, 6.07) is 11.0. The standard InChI is InChI=1S/C19H19ClFN3O2/c1-12(25)22-15-7-8-16(21)17(11-15)23-19(26)24-9-3-6-18(24)13-4-2-5-14(20)10-13/h2,4-5,7-8,10-11,18H,3,6,9H2,1H3,(H,22,25)(H,23,26). The lowest BCUT2D eigenvalue weighted by atomic mass is 10.1. The average molecular weight is 376 g/mol. The van der Waals surface area contributed by atoms with E-state index >= 15 is 0 Å². The Bertz CT molecular complexity index is 843. The summed E-state index contributed by atoms with van der Waals surface area (Å²) >= 11 is 6.06. The number of halogens is 2. The van der Waals surface area contributed by atoms with Crippen molar-refractivity contribution in [1.29, 1.82) is 0 Å². The van der Waals surface area contributed by atoms with Crippen molar-refractivity contribution in [3.8, 4) is 0 Å². The Morgan fingerprint density at radius 1 is 1.19 bits per heavy atom. The maximum Gasteiger partial charge on any atom is 0.322 e. The summed E-state index contributed by atoms with van der Waals surface area (Å²) in [6.45, 7) is 1.94. The molecule has 0 radical (unpaired) electrons. The normalized spacial score (nSPS) is 16.4. The Kier molecular flexibility index (Phi) is 5.42. The van der Waals surface area contributed by atoms with E-state index in [1.54, 1.807) is 11.0 Å². The third-order valence-electron chi connectivity index (χ3n) is 4.28. The molecule has 0 bridgehead atoms. The second kappa shape index (κ2) is 7.74. The lowest BCUT2D eigenvalue weighted by Gasteiger charge is -2.25. The van der Waals surface area contributed by atoms with E-state index in [0.29, 0.717) is 17.3 Å². The summed E-state index contributed by atoms with van der Waals surface area (Å²) in [7, 11) is 0. The predicted molar refractivity (Wildman–Crippen MR) is 99.9 cm³/mol. The molecule has 1 heterocycles.